The summed E-state index contributed by atoms with van der Waals surface area (Å²) in [4.78, 5) is 2.32. The Morgan fingerprint density at radius 1 is 1.26 bits per heavy atom. The summed E-state index contributed by atoms with van der Waals surface area (Å²) < 4.78 is 2.18. The molecule has 0 radical (unpaired) electrons. The number of para-hydroxylation sites is 1. The minimum Gasteiger partial charge on any atom is -0.393 e. The number of aryl methyl sites for hydroxylation is 1. The monoisotopic (exact) mass is 258 g/mol. The second kappa shape index (κ2) is 4.99. The zero-order chi connectivity index (χ0) is 13.4. The van der Waals surface area contributed by atoms with Crippen molar-refractivity contribution in [3.8, 4) is 0 Å². The number of rotatable bonds is 2. The van der Waals surface area contributed by atoms with Crippen molar-refractivity contribution in [3.63, 3.8) is 0 Å². The zero-order valence-electron chi connectivity index (χ0n) is 11.7. The van der Waals surface area contributed by atoms with E-state index in [9.17, 15) is 5.11 Å². The first-order valence-electron chi connectivity index (χ1n) is 7.04. The van der Waals surface area contributed by atoms with Gasteiger partial charge in [-0.15, -0.1) is 0 Å². The molecule has 3 rings (SSSR count). The first-order valence-corrected chi connectivity index (χ1v) is 7.04. The van der Waals surface area contributed by atoms with Crippen LogP contribution in [0.5, 0.6) is 0 Å². The van der Waals surface area contributed by atoms with Crippen LogP contribution in [0, 0.1) is 5.92 Å². The van der Waals surface area contributed by atoms with Crippen molar-refractivity contribution in [1.82, 2.24) is 9.47 Å². The van der Waals surface area contributed by atoms with E-state index >= 15 is 0 Å². The van der Waals surface area contributed by atoms with Crippen LogP contribution in [0.3, 0.4) is 0 Å². The first-order chi connectivity index (χ1) is 9.15. The number of likely N-dealkylation sites (tertiary alicyclic amines) is 1. The predicted octanol–water partition coefficient (Wildman–Crippen LogP) is 2.03. The fourth-order valence-electron chi connectivity index (χ4n) is 3.27. The maximum atomic E-state index is 10.2. The number of hydrogen-bond donors (Lipinski definition) is 1. The highest BCUT2D eigenvalue weighted by Gasteiger charge is 2.26. The summed E-state index contributed by atoms with van der Waals surface area (Å²) in [5, 5.41) is 11.5. The fraction of sp³-hybridized carbons (Fsp3) is 0.500. The number of piperidine rings is 1. The van der Waals surface area contributed by atoms with Gasteiger partial charge in [0.05, 0.1) is 6.10 Å². The number of fused-ring (bicyclic) bond motifs is 1. The third-order valence-corrected chi connectivity index (χ3v) is 4.36. The van der Waals surface area contributed by atoms with E-state index in [1.54, 1.807) is 0 Å². The number of benzene rings is 1. The van der Waals surface area contributed by atoms with Crippen LogP contribution in [-0.4, -0.2) is 40.8 Å². The van der Waals surface area contributed by atoms with E-state index in [2.05, 4.69) is 54.0 Å². The fourth-order valence-corrected chi connectivity index (χ4v) is 3.27. The SMILES string of the molecule is CN1CCC(O)C(Cc2cn(C)c3ccccc23)C1. The molecule has 1 aromatic carbocycles. The molecule has 1 N–H and O–H groups in total. The molecular formula is C16H22N2O. The van der Waals surface area contributed by atoms with Crippen LogP contribution in [0.15, 0.2) is 30.5 Å². The van der Waals surface area contributed by atoms with Crippen molar-refractivity contribution in [3.05, 3.63) is 36.0 Å². The Labute approximate surface area is 114 Å². The predicted molar refractivity (Wildman–Crippen MR) is 78.2 cm³/mol. The molecule has 0 bridgehead atoms. The number of aromatic nitrogens is 1. The maximum Gasteiger partial charge on any atom is 0.0596 e. The molecule has 0 spiro atoms. The summed E-state index contributed by atoms with van der Waals surface area (Å²) in [6.45, 7) is 2.00. The van der Waals surface area contributed by atoms with Gasteiger partial charge in [-0.05, 0) is 31.5 Å². The molecular weight excluding hydrogens is 236 g/mol. The number of nitrogens with zero attached hydrogens (tertiary/aromatic N) is 2. The van der Waals surface area contributed by atoms with Crippen LogP contribution in [-0.2, 0) is 13.5 Å². The molecule has 0 saturated carbocycles. The van der Waals surface area contributed by atoms with Crippen LogP contribution >= 0.6 is 0 Å². The van der Waals surface area contributed by atoms with Gasteiger partial charge in [-0.25, -0.2) is 0 Å². The van der Waals surface area contributed by atoms with Crippen LogP contribution < -0.4 is 0 Å². The lowest BCUT2D eigenvalue weighted by atomic mass is 9.89. The van der Waals surface area contributed by atoms with Crippen molar-refractivity contribution in [1.29, 1.82) is 0 Å². The quantitative estimate of drug-likeness (QED) is 0.893. The number of aliphatic hydroxyl groups excluding tert-OH is 1. The second-order valence-corrected chi connectivity index (χ2v) is 5.86. The lowest BCUT2D eigenvalue weighted by Crippen LogP contribution is -2.41. The lowest BCUT2D eigenvalue weighted by Gasteiger charge is -2.33. The minimum absolute atomic E-state index is 0.157. The molecule has 3 heteroatoms. The van der Waals surface area contributed by atoms with Crippen molar-refractivity contribution in [2.45, 2.75) is 18.9 Å². The molecule has 1 aliphatic rings. The van der Waals surface area contributed by atoms with E-state index in [0.29, 0.717) is 5.92 Å². The molecule has 0 amide bonds. The minimum atomic E-state index is -0.157. The first kappa shape index (κ1) is 12.7. The van der Waals surface area contributed by atoms with E-state index in [4.69, 9.17) is 0 Å². The average Bonchev–Trinajstić information content (AvgIpc) is 2.72. The third-order valence-electron chi connectivity index (χ3n) is 4.36. The highest BCUT2D eigenvalue weighted by molar-refractivity contribution is 5.83. The molecule has 2 atom stereocenters. The summed E-state index contributed by atoms with van der Waals surface area (Å²) in [6.07, 6.45) is 3.92. The normalized spacial score (nSPS) is 25.0. The summed E-state index contributed by atoms with van der Waals surface area (Å²) in [5.41, 5.74) is 2.63. The Kier molecular flexibility index (Phi) is 3.33. The van der Waals surface area contributed by atoms with E-state index in [1.165, 1.54) is 16.5 Å². The van der Waals surface area contributed by atoms with Gasteiger partial charge in [0.1, 0.15) is 0 Å². The summed E-state index contributed by atoms with van der Waals surface area (Å²) in [5.74, 6) is 0.351. The van der Waals surface area contributed by atoms with Crippen LogP contribution in [0.1, 0.15) is 12.0 Å². The Bertz CT molecular complexity index is 575. The molecule has 1 aromatic heterocycles. The lowest BCUT2D eigenvalue weighted by molar-refractivity contribution is 0.0368. The van der Waals surface area contributed by atoms with Gasteiger partial charge in [0.2, 0.25) is 0 Å². The standard InChI is InChI=1S/C16H22N2O/c1-17-8-7-16(19)13(10-17)9-12-11-18(2)15-6-4-3-5-14(12)15/h3-6,11,13,16,19H,7-10H2,1-2H3. The smallest absolute Gasteiger partial charge is 0.0596 e. The van der Waals surface area contributed by atoms with Gasteiger partial charge in [-0.2, -0.15) is 0 Å². The highest BCUT2D eigenvalue weighted by Crippen LogP contribution is 2.26. The summed E-state index contributed by atoms with van der Waals surface area (Å²) in [6, 6.07) is 8.51. The van der Waals surface area contributed by atoms with Gasteiger partial charge in [-0.3, -0.25) is 0 Å². The molecule has 2 heterocycles. The third kappa shape index (κ3) is 2.40. The Morgan fingerprint density at radius 2 is 2.05 bits per heavy atom. The largest absolute Gasteiger partial charge is 0.393 e. The van der Waals surface area contributed by atoms with Gasteiger partial charge in [0.15, 0.2) is 0 Å². The molecule has 102 valence electrons. The van der Waals surface area contributed by atoms with Gasteiger partial charge in [-0.1, -0.05) is 18.2 Å². The molecule has 2 unspecified atom stereocenters. The van der Waals surface area contributed by atoms with Gasteiger partial charge in [0, 0.05) is 43.2 Å². The van der Waals surface area contributed by atoms with E-state index < -0.39 is 0 Å². The van der Waals surface area contributed by atoms with Gasteiger partial charge >= 0.3 is 0 Å². The van der Waals surface area contributed by atoms with Crippen molar-refractivity contribution >= 4 is 10.9 Å². The second-order valence-electron chi connectivity index (χ2n) is 5.86. The average molecular weight is 258 g/mol. The zero-order valence-corrected chi connectivity index (χ0v) is 11.7. The van der Waals surface area contributed by atoms with Crippen LogP contribution in [0.2, 0.25) is 0 Å². The summed E-state index contributed by atoms with van der Waals surface area (Å²) >= 11 is 0. The van der Waals surface area contributed by atoms with E-state index in [0.717, 1.165) is 25.9 Å². The van der Waals surface area contributed by atoms with Gasteiger partial charge in [0.25, 0.3) is 0 Å². The number of aliphatic hydroxyl groups is 1. The number of hydrogen-bond acceptors (Lipinski definition) is 2. The Balaban J connectivity index is 1.88. The Hall–Kier alpha value is -1.32. The van der Waals surface area contributed by atoms with Crippen molar-refractivity contribution in [2.24, 2.45) is 13.0 Å². The van der Waals surface area contributed by atoms with Crippen LogP contribution in [0.25, 0.3) is 10.9 Å². The molecule has 2 aromatic rings. The molecule has 1 fully saturated rings. The van der Waals surface area contributed by atoms with Crippen molar-refractivity contribution < 1.29 is 5.11 Å². The molecule has 1 aliphatic heterocycles. The van der Waals surface area contributed by atoms with E-state index in [1.807, 2.05) is 0 Å². The topological polar surface area (TPSA) is 28.4 Å². The maximum absolute atomic E-state index is 10.2. The van der Waals surface area contributed by atoms with Gasteiger partial charge < -0.3 is 14.6 Å². The summed E-state index contributed by atoms with van der Waals surface area (Å²) in [7, 11) is 4.23. The molecule has 3 nitrogen and oxygen atoms in total. The molecule has 0 aliphatic carbocycles. The molecule has 19 heavy (non-hydrogen) atoms. The van der Waals surface area contributed by atoms with Crippen molar-refractivity contribution in [2.75, 3.05) is 20.1 Å². The molecule has 1 saturated heterocycles. The van der Waals surface area contributed by atoms with E-state index in [-0.39, 0.29) is 6.10 Å². The highest BCUT2D eigenvalue weighted by atomic mass is 16.3. The van der Waals surface area contributed by atoms with Crippen LogP contribution in [0.4, 0.5) is 0 Å². The Morgan fingerprint density at radius 3 is 2.89 bits per heavy atom.